The van der Waals surface area contributed by atoms with Gasteiger partial charge in [-0.3, -0.25) is 13.8 Å². The molecule has 0 unspecified atom stereocenters. The summed E-state index contributed by atoms with van der Waals surface area (Å²) in [5, 5.41) is 12.0. The Morgan fingerprint density at radius 3 is 2.00 bits per heavy atom. The van der Waals surface area contributed by atoms with Crippen LogP contribution in [0.3, 0.4) is 0 Å². The second kappa shape index (κ2) is 13.2. The summed E-state index contributed by atoms with van der Waals surface area (Å²) in [5.74, 6) is -2.46. The van der Waals surface area contributed by atoms with Crippen molar-refractivity contribution in [2.75, 3.05) is 6.61 Å². The van der Waals surface area contributed by atoms with E-state index in [9.17, 15) is 27.9 Å². The average Bonchev–Trinajstić information content (AvgIpc) is 2.96. The summed E-state index contributed by atoms with van der Waals surface area (Å²) in [4.78, 5) is 40.4. The molecule has 41 heavy (non-hydrogen) atoms. The Labute approximate surface area is 238 Å². The van der Waals surface area contributed by atoms with E-state index < -0.39 is 33.6 Å². The normalized spacial score (nSPS) is 12.1. The maximum absolute atomic E-state index is 13.0. The topological polar surface area (TPSA) is 143 Å². The predicted octanol–water partition coefficient (Wildman–Crippen LogP) is 4.23. The van der Waals surface area contributed by atoms with Gasteiger partial charge in [-0.25, -0.2) is 4.79 Å². The van der Waals surface area contributed by atoms with E-state index in [-0.39, 0.29) is 35.8 Å². The maximum atomic E-state index is 13.0. The molecule has 3 aromatic carbocycles. The third kappa shape index (κ3) is 7.56. The first-order valence-corrected chi connectivity index (χ1v) is 14.4. The number of hydrogen-bond donors (Lipinski definition) is 3. The van der Waals surface area contributed by atoms with Gasteiger partial charge in [0, 0.05) is 11.6 Å². The highest BCUT2D eigenvalue weighted by Gasteiger charge is 2.24. The quantitative estimate of drug-likeness (QED) is 0.170. The van der Waals surface area contributed by atoms with E-state index in [1.165, 1.54) is 18.2 Å². The summed E-state index contributed by atoms with van der Waals surface area (Å²) >= 11 is 0. The lowest BCUT2D eigenvalue weighted by molar-refractivity contribution is -0.139. The largest absolute Gasteiger partial charge is 0.480 e. The Bertz CT molecular complexity index is 1610. The van der Waals surface area contributed by atoms with Gasteiger partial charge in [0.1, 0.15) is 11.6 Å². The zero-order chi connectivity index (χ0) is 29.4. The Balaban J connectivity index is 1.43. The number of aryl methyl sites for hydroxylation is 1. The van der Waals surface area contributed by atoms with Crippen molar-refractivity contribution in [3.63, 3.8) is 0 Å². The van der Waals surface area contributed by atoms with Crippen molar-refractivity contribution < 1.29 is 27.3 Å². The first-order chi connectivity index (χ1) is 19.7. The molecular weight excluding hydrogens is 544 g/mol. The first kappa shape index (κ1) is 29.4. The summed E-state index contributed by atoms with van der Waals surface area (Å²) in [6, 6.07) is 27.0. The molecule has 0 saturated heterocycles. The van der Waals surface area contributed by atoms with Crippen LogP contribution in [0.1, 0.15) is 51.5 Å². The molecule has 1 atom stereocenters. The molecule has 0 aliphatic rings. The van der Waals surface area contributed by atoms with Crippen molar-refractivity contribution in [3.8, 4) is 0 Å². The van der Waals surface area contributed by atoms with Crippen molar-refractivity contribution in [2.24, 2.45) is 0 Å². The van der Waals surface area contributed by atoms with Gasteiger partial charge in [-0.15, -0.1) is 0 Å². The van der Waals surface area contributed by atoms with E-state index in [4.69, 9.17) is 4.18 Å². The first-order valence-electron chi connectivity index (χ1n) is 13.0. The number of aromatic amines is 1. The van der Waals surface area contributed by atoms with E-state index >= 15 is 0 Å². The third-order valence-corrected chi connectivity index (χ3v) is 7.87. The molecule has 4 aromatic rings. The third-order valence-electron chi connectivity index (χ3n) is 6.54. The highest BCUT2D eigenvalue weighted by molar-refractivity contribution is 7.86. The number of carboxylic acids is 1. The Morgan fingerprint density at radius 1 is 0.878 bits per heavy atom. The molecule has 1 aromatic heterocycles. The van der Waals surface area contributed by atoms with E-state index in [2.05, 4.69) is 10.3 Å². The highest BCUT2D eigenvalue weighted by Crippen LogP contribution is 2.30. The number of benzene rings is 3. The van der Waals surface area contributed by atoms with Crippen molar-refractivity contribution >= 4 is 22.0 Å². The summed E-state index contributed by atoms with van der Waals surface area (Å²) < 4.78 is 29.7. The van der Waals surface area contributed by atoms with Crippen LogP contribution in [-0.4, -0.2) is 43.0 Å². The smallest absolute Gasteiger partial charge is 0.326 e. The lowest BCUT2D eigenvalue weighted by atomic mass is 9.88. The van der Waals surface area contributed by atoms with Gasteiger partial charge in [0.25, 0.3) is 21.6 Å². The number of carbonyl (C=O) groups is 2. The number of aromatic nitrogens is 1. The summed E-state index contributed by atoms with van der Waals surface area (Å²) in [7, 11) is -4.00. The molecule has 1 heterocycles. The fourth-order valence-corrected chi connectivity index (χ4v) is 5.34. The monoisotopic (exact) mass is 574 g/mol. The molecule has 0 aliphatic carbocycles. The lowest BCUT2D eigenvalue weighted by Crippen LogP contribution is -2.42. The van der Waals surface area contributed by atoms with E-state index in [1.54, 1.807) is 18.2 Å². The molecule has 3 N–H and O–H groups in total. The standard InChI is InChI=1S/C31H30N2O7S/c1-21-14-16-24(17-15-21)41(38,39)40-20-8-13-27(31(36)37)33-30(35)25-18-19-26(32-29(25)34)28(22-9-4-2-5-10-22)23-11-6-3-7-12-23/h2-7,9-12,14-19,27-28H,8,13,20H2,1H3,(H,32,34)(H,33,35)(H,36,37)/t27-/m0/s1. The molecule has 0 spiro atoms. The lowest BCUT2D eigenvalue weighted by Gasteiger charge is -2.19. The number of rotatable bonds is 12. The van der Waals surface area contributed by atoms with Gasteiger partial charge in [0.05, 0.1) is 11.5 Å². The van der Waals surface area contributed by atoms with Crippen LogP contribution in [0, 0.1) is 6.92 Å². The van der Waals surface area contributed by atoms with Crippen molar-refractivity contribution in [1.82, 2.24) is 10.3 Å². The molecule has 9 nitrogen and oxygen atoms in total. The number of carboxylic acid groups (broad SMARTS) is 1. The zero-order valence-corrected chi connectivity index (χ0v) is 23.1. The number of carbonyl (C=O) groups excluding carboxylic acids is 1. The number of nitrogens with one attached hydrogen (secondary N) is 2. The van der Waals surface area contributed by atoms with Gasteiger partial charge >= 0.3 is 5.97 Å². The van der Waals surface area contributed by atoms with Crippen LogP contribution >= 0.6 is 0 Å². The van der Waals surface area contributed by atoms with Crippen LogP contribution in [0.15, 0.2) is 107 Å². The molecule has 0 bridgehead atoms. The van der Waals surface area contributed by atoms with Gasteiger partial charge in [0.15, 0.2) is 0 Å². The summed E-state index contributed by atoms with van der Waals surface area (Å²) in [6.45, 7) is 1.55. The van der Waals surface area contributed by atoms with Crippen LogP contribution < -0.4 is 10.9 Å². The van der Waals surface area contributed by atoms with Gasteiger partial charge < -0.3 is 15.4 Å². The van der Waals surface area contributed by atoms with E-state index in [0.717, 1.165) is 16.7 Å². The minimum Gasteiger partial charge on any atom is -0.480 e. The molecular formula is C31H30N2O7S. The van der Waals surface area contributed by atoms with Crippen molar-refractivity contribution in [1.29, 1.82) is 0 Å². The van der Waals surface area contributed by atoms with Crippen LogP contribution in [0.25, 0.3) is 0 Å². The Hall–Kier alpha value is -4.54. The van der Waals surface area contributed by atoms with E-state index in [1.807, 2.05) is 67.6 Å². The van der Waals surface area contributed by atoms with Crippen molar-refractivity contribution in [2.45, 2.75) is 36.6 Å². The van der Waals surface area contributed by atoms with Gasteiger partial charge in [-0.05, 0) is 55.2 Å². The molecule has 10 heteroatoms. The van der Waals surface area contributed by atoms with E-state index in [0.29, 0.717) is 5.69 Å². The number of hydrogen-bond acceptors (Lipinski definition) is 6. The summed E-state index contributed by atoms with van der Waals surface area (Å²) in [5.41, 5.74) is 2.47. The fraction of sp³-hybridized carbons (Fsp3) is 0.194. The second-order valence-corrected chi connectivity index (χ2v) is 11.1. The number of pyridine rings is 1. The average molecular weight is 575 g/mol. The number of amides is 1. The molecule has 4 rings (SSSR count). The van der Waals surface area contributed by atoms with Gasteiger partial charge in [-0.1, -0.05) is 78.4 Å². The predicted molar refractivity (Wildman–Crippen MR) is 153 cm³/mol. The maximum Gasteiger partial charge on any atom is 0.326 e. The van der Waals surface area contributed by atoms with Crippen molar-refractivity contribution in [3.05, 3.63) is 135 Å². The molecule has 0 fully saturated rings. The van der Waals surface area contributed by atoms with Gasteiger partial charge in [-0.2, -0.15) is 8.42 Å². The summed E-state index contributed by atoms with van der Waals surface area (Å²) in [6.07, 6.45) is -0.0714. The van der Waals surface area contributed by atoms with Crippen LogP contribution in [0.4, 0.5) is 0 Å². The SMILES string of the molecule is Cc1ccc(S(=O)(=O)OCCC[C@H](NC(=O)c2ccc(C(c3ccccc3)c3ccccc3)[nH]c2=O)C(=O)O)cc1. The molecule has 0 saturated carbocycles. The zero-order valence-electron chi connectivity index (χ0n) is 22.3. The van der Waals surface area contributed by atoms with Gasteiger partial charge in [0.2, 0.25) is 0 Å². The molecule has 0 radical (unpaired) electrons. The molecule has 0 aliphatic heterocycles. The highest BCUT2D eigenvalue weighted by atomic mass is 32.2. The van der Waals surface area contributed by atoms with Crippen LogP contribution in [-0.2, 0) is 19.1 Å². The Kier molecular flexibility index (Phi) is 9.49. The fourth-order valence-electron chi connectivity index (χ4n) is 4.40. The second-order valence-electron chi connectivity index (χ2n) is 9.51. The minimum atomic E-state index is -4.00. The van der Waals surface area contributed by atoms with Crippen LogP contribution in [0.2, 0.25) is 0 Å². The Morgan fingerprint density at radius 2 is 1.46 bits per heavy atom. The molecule has 212 valence electrons. The minimum absolute atomic E-state index is 0.00405. The number of H-pyrrole nitrogens is 1. The molecule has 1 amide bonds. The van der Waals surface area contributed by atoms with Crippen LogP contribution in [0.5, 0.6) is 0 Å². The number of aliphatic carboxylic acids is 1.